The molecular weight excluding hydrogens is 196 g/mol. The van der Waals surface area contributed by atoms with Crippen LogP contribution in [-0.4, -0.2) is 11.7 Å². The van der Waals surface area contributed by atoms with E-state index in [0.717, 1.165) is 11.5 Å². The van der Waals surface area contributed by atoms with Gasteiger partial charge in [0.15, 0.2) is 0 Å². The monoisotopic (exact) mass is 216 g/mol. The van der Waals surface area contributed by atoms with Gasteiger partial charge >= 0.3 is 0 Å². The molecule has 2 rings (SSSR count). The van der Waals surface area contributed by atoms with Crippen molar-refractivity contribution in [1.29, 1.82) is 0 Å². The summed E-state index contributed by atoms with van der Waals surface area (Å²) in [6.45, 7) is 4.39. The fourth-order valence-electron chi connectivity index (χ4n) is 1.93. The lowest BCUT2D eigenvalue weighted by Gasteiger charge is -2.08. The van der Waals surface area contributed by atoms with E-state index >= 15 is 0 Å². The van der Waals surface area contributed by atoms with Crippen LogP contribution in [0, 0.1) is 5.92 Å². The van der Waals surface area contributed by atoms with Crippen molar-refractivity contribution >= 4 is 6.08 Å². The number of hydrogen-bond donors (Lipinski definition) is 1. The molecule has 0 heterocycles. The second-order valence-corrected chi connectivity index (χ2v) is 4.98. The molecule has 0 bridgehead atoms. The van der Waals surface area contributed by atoms with Crippen LogP contribution in [-0.2, 0) is 0 Å². The van der Waals surface area contributed by atoms with Crippen LogP contribution in [0.5, 0.6) is 0 Å². The fourth-order valence-corrected chi connectivity index (χ4v) is 1.93. The Morgan fingerprint density at radius 1 is 1.44 bits per heavy atom. The largest absolute Gasteiger partial charge is 0.392 e. The van der Waals surface area contributed by atoms with E-state index in [4.69, 9.17) is 0 Å². The number of rotatable bonds is 4. The van der Waals surface area contributed by atoms with Gasteiger partial charge in [-0.05, 0) is 41.4 Å². The van der Waals surface area contributed by atoms with Crippen molar-refractivity contribution in [3.8, 4) is 0 Å². The summed E-state index contributed by atoms with van der Waals surface area (Å²) in [6.07, 6.45) is 4.80. The number of hydrogen-bond acceptors (Lipinski definition) is 1. The van der Waals surface area contributed by atoms with E-state index in [1.165, 1.54) is 24.0 Å². The maximum absolute atomic E-state index is 9.28. The summed E-state index contributed by atoms with van der Waals surface area (Å²) in [5, 5.41) is 9.28. The minimum atomic E-state index is 0.158. The average molecular weight is 216 g/mol. The smallest absolute Gasteiger partial charge is 0.0647 e. The Bertz CT molecular complexity index is 386. The van der Waals surface area contributed by atoms with E-state index in [0.29, 0.717) is 5.92 Å². The van der Waals surface area contributed by atoms with Crippen molar-refractivity contribution in [3.05, 3.63) is 41.0 Å². The van der Waals surface area contributed by atoms with Crippen molar-refractivity contribution in [1.82, 2.24) is 0 Å². The Morgan fingerprint density at radius 2 is 2.19 bits per heavy atom. The first kappa shape index (κ1) is 11.4. The summed E-state index contributed by atoms with van der Waals surface area (Å²) in [6, 6.07) is 8.71. The van der Waals surface area contributed by atoms with Gasteiger partial charge in [-0.1, -0.05) is 44.2 Å². The van der Waals surface area contributed by atoms with Gasteiger partial charge in [0, 0.05) is 0 Å². The maximum Gasteiger partial charge on any atom is 0.0647 e. The normalized spacial score (nSPS) is 16.9. The minimum absolute atomic E-state index is 0.158. The van der Waals surface area contributed by atoms with Crippen LogP contribution in [0.2, 0.25) is 0 Å². The zero-order valence-corrected chi connectivity index (χ0v) is 10.1. The molecular formula is C15H20O. The average Bonchev–Trinajstić information content (AvgIpc) is 3.09. The molecule has 1 aromatic carbocycles. The number of benzene rings is 1. The lowest BCUT2D eigenvalue weighted by molar-refractivity contribution is 0.320. The van der Waals surface area contributed by atoms with Crippen molar-refractivity contribution in [2.75, 3.05) is 6.61 Å². The van der Waals surface area contributed by atoms with Gasteiger partial charge in [0.05, 0.1) is 6.61 Å². The van der Waals surface area contributed by atoms with E-state index < -0.39 is 0 Å². The van der Waals surface area contributed by atoms with Crippen LogP contribution < -0.4 is 0 Å². The van der Waals surface area contributed by atoms with Gasteiger partial charge in [-0.3, -0.25) is 0 Å². The molecule has 1 N–H and O–H groups in total. The molecule has 1 nitrogen and oxygen atoms in total. The van der Waals surface area contributed by atoms with E-state index in [1.807, 2.05) is 0 Å². The van der Waals surface area contributed by atoms with Crippen molar-refractivity contribution in [2.24, 2.45) is 5.92 Å². The van der Waals surface area contributed by atoms with Crippen LogP contribution in [0.4, 0.5) is 0 Å². The molecule has 0 radical (unpaired) electrons. The molecule has 0 atom stereocenters. The van der Waals surface area contributed by atoms with Crippen LogP contribution in [0.25, 0.3) is 6.08 Å². The number of aliphatic hydroxyl groups is 1. The van der Waals surface area contributed by atoms with Crippen molar-refractivity contribution in [3.63, 3.8) is 0 Å². The molecule has 0 amide bonds. The third kappa shape index (κ3) is 2.73. The molecule has 1 fully saturated rings. The van der Waals surface area contributed by atoms with Gasteiger partial charge in [0.2, 0.25) is 0 Å². The molecule has 1 aliphatic rings. The van der Waals surface area contributed by atoms with Gasteiger partial charge in [0.25, 0.3) is 0 Å². The Morgan fingerprint density at radius 3 is 2.75 bits per heavy atom. The summed E-state index contributed by atoms with van der Waals surface area (Å²) in [5.41, 5.74) is 3.78. The van der Waals surface area contributed by atoms with Crippen molar-refractivity contribution < 1.29 is 5.11 Å². The number of aliphatic hydroxyl groups excluding tert-OH is 1. The first-order valence-electron chi connectivity index (χ1n) is 6.12. The Balaban J connectivity index is 2.22. The van der Waals surface area contributed by atoms with Gasteiger partial charge in [-0.25, -0.2) is 0 Å². The van der Waals surface area contributed by atoms with E-state index in [-0.39, 0.29) is 6.61 Å². The third-order valence-electron chi connectivity index (χ3n) is 3.24. The maximum atomic E-state index is 9.28. The zero-order chi connectivity index (χ0) is 11.5. The fraction of sp³-hybridized carbons (Fsp3) is 0.467. The molecule has 1 aliphatic carbocycles. The van der Waals surface area contributed by atoms with Crippen LogP contribution in [0.3, 0.4) is 0 Å². The highest BCUT2D eigenvalue weighted by molar-refractivity contribution is 5.55. The van der Waals surface area contributed by atoms with E-state index in [1.54, 1.807) is 0 Å². The van der Waals surface area contributed by atoms with E-state index in [2.05, 4.69) is 44.2 Å². The molecule has 16 heavy (non-hydrogen) atoms. The highest BCUT2D eigenvalue weighted by Gasteiger charge is 2.23. The van der Waals surface area contributed by atoms with Gasteiger partial charge in [-0.2, -0.15) is 0 Å². The molecule has 1 aromatic rings. The third-order valence-corrected chi connectivity index (χ3v) is 3.24. The highest BCUT2D eigenvalue weighted by atomic mass is 16.3. The second kappa shape index (κ2) is 4.84. The van der Waals surface area contributed by atoms with E-state index in [9.17, 15) is 5.11 Å². The molecule has 0 aliphatic heterocycles. The SMILES string of the molecule is CC(C)C(=Cc1cccc(C2CC2)c1)CO. The zero-order valence-electron chi connectivity index (χ0n) is 10.1. The first-order valence-corrected chi connectivity index (χ1v) is 6.12. The van der Waals surface area contributed by atoms with Gasteiger partial charge in [0.1, 0.15) is 0 Å². The quantitative estimate of drug-likeness (QED) is 0.815. The highest BCUT2D eigenvalue weighted by Crippen LogP contribution is 2.40. The Hall–Kier alpha value is -1.08. The predicted molar refractivity (Wildman–Crippen MR) is 68.3 cm³/mol. The van der Waals surface area contributed by atoms with Crippen molar-refractivity contribution in [2.45, 2.75) is 32.6 Å². The van der Waals surface area contributed by atoms with Crippen LogP contribution in [0.1, 0.15) is 43.7 Å². The first-order chi connectivity index (χ1) is 7.70. The Labute approximate surface area is 97.8 Å². The molecule has 0 spiro atoms. The second-order valence-electron chi connectivity index (χ2n) is 4.98. The summed E-state index contributed by atoms with van der Waals surface area (Å²) in [7, 11) is 0. The summed E-state index contributed by atoms with van der Waals surface area (Å²) < 4.78 is 0. The molecule has 0 saturated heterocycles. The summed E-state index contributed by atoms with van der Waals surface area (Å²) in [4.78, 5) is 0. The lowest BCUT2D eigenvalue weighted by atomic mass is 9.99. The topological polar surface area (TPSA) is 20.2 Å². The molecule has 1 heteroatoms. The minimum Gasteiger partial charge on any atom is -0.392 e. The van der Waals surface area contributed by atoms with Crippen LogP contribution >= 0.6 is 0 Å². The molecule has 0 unspecified atom stereocenters. The summed E-state index contributed by atoms with van der Waals surface area (Å²) in [5.74, 6) is 1.21. The summed E-state index contributed by atoms with van der Waals surface area (Å²) >= 11 is 0. The van der Waals surface area contributed by atoms with Crippen LogP contribution in [0.15, 0.2) is 29.8 Å². The standard InChI is InChI=1S/C15H20O/c1-11(2)15(10-16)9-12-4-3-5-14(8-12)13-6-7-13/h3-5,8-9,11,13,16H,6-7,10H2,1-2H3. The lowest BCUT2D eigenvalue weighted by Crippen LogP contribution is -1.98. The molecule has 1 saturated carbocycles. The predicted octanol–water partition coefficient (Wildman–Crippen LogP) is 3.60. The van der Waals surface area contributed by atoms with Gasteiger partial charge < -0.3 is 5.11 Å². The molecule has 0 aromatic heterocycles. The molecule has 86 valence electrons. The van der Waals surface area contributed by atoms with Gasteiger partial charge in [-0.15, -0.1) is 0 Å². The Kier molecular flexibility index (Phi) is 3.45.